The van der Waals surface area contributed by atoms with Gasteiger partial charge in [-0.25, -0.2) is 0 Å². The van der Waals surface area contributed by atoms with Crippen LogP contribution in [0.1, 0.15) is 54.4 Å². The van der Waals surface area contributed by atoms with Gasteiger partial charge in [-0.2, -0.15) is 0 Å². The van der Waals surface area contributed by atoms with E-state index in [-0.39, 0.29) is 0 Å². The Hall–Kier alpha value is -1.15. The molecule has 1 spiro atoms. The van der Waals surface area contributed by atoms with E-state index in [2.05, 4.69) is 0 Å². The van der Waals surface area contributed by atoms with Crippen LogP contribution in [0.15, 0.2) is 24.3 Å². The second kappa shape index (κ2) is 5.46. The number of rotatable bonds is 5. The first kappa shape index (κ1) is 12.9. The van der Waals surface area contributed by atoms with Crippen LogP contribution in [-0.2, 0) is 11.3 Å². The van der Waals surface area contributed by atoms with E-state index in [1.165, 1.54) is 38.5 Å². The van der Waals surface area contributed by atoms with Gasteiger partial charge in [0.25, 0.3) is 0 Å². The molecule has 2 heteroatoms. The zero-order valence-corrected chi connectivity index (χ0v) is 11.4. The average molecular weight is 258 g/mol. The fourth-order valence-electron chi connectivity index (χ4n) is 3.64. The van der Waals surface area contributed by atoms with Crippen molar-refractivity contribution in [3.63, 3.8) is 0 Å². The predicted octanol–water partition coefficient (Wildman–Crippen LogP) is 3.99. The van der Waals surface area contributed by atoms with Gasteiger partial charge in [-0.05, 0) is 49.0 Å². The zero-order chi connectivity index (χ0) is 13.1. The molecule has 0 aliphatic heterocycles. The van der Waals surface area contributed by atoms with Crippen LogP contribution in [0.4, 0.5) is 0 Å². The largest absolute Gasteiger partial charge is 0.376 e. The Morgan fingerprint density at radius 1 is 1.21 bits per heavy atom. The van der Waals surface area contributed by atoms with Gasteiger partial charge in [0.1, 0.15) is 6.29 Å². The lowest BCUT2D eigenvalue weighted by Gasteiger charge is -2.38. The van der Waals surface area contributed by atoms with Crippen molar-refractivity contribution in [3.8, 4) is 0 Å². The van der Waals surface area contributed by atoms with Gasteiger partial charge >= 0.3 is 0 Å². The maximum atomic E-state index is 10.6. The summed E-state index contributed by atoms with van der Waals surface area (Å²) in [5.74, 6) is 0.773. The van der Waals surface area contributed by atoms with Gasteiger partial charge in [0.05, 0.1) is 6.61 Å². The smallest absolute Gasteiger partial charge is 0.150 e. The average Bonchev–Trinajstić information content (AvgIpc) is 2.84. The maximum Gasteiger partial charge on any atom is 0.150 e. The van der Waals surface area contributed by atoms with Gasteiger partial charge in [-0.15, -0.1) is 0 Å². The van der Waals surface area contributed by atoms with E-state index >= 15 is 0 Å². The van der Waals surface area contributed by atoms with Gasteiger partial charge in [0.15, 0.2) is 0 Å². The Balaban J connectivity index is 1.41. The number of hydrogen-bond donors (Lipinski definition) is 0. The number of hydrogen-bond acceptors (Lipinski definition) is 2. The number of carbonyl (C=O) groups is 1. The molecule has 0 N–H and O–H groups in total. The van der Waals surface area contributed by atoms with E-state index in [0.717, 1.165) is 35.4 Å². The summed E-state index contributed by atoms with van der Waals surface area (Å²) in [7, 11) is 0. The summed E-state index contributed by atoms with van der Waals surface area (Å²) in [6, 6.07) is 7.66. The summed E-state index contributed by atoms with van der Waals surface area (Å²) >= 11 is 0. The monoisotopic (exact) mass is 258 g/mol. The number of benzene rings is 1. The summed E-state index contributed by atoms with van der Waals surface area (Å²) < 4.78 is 5.85. The zero-order valence-electron chi connectivity index (χ0n) is 11.4. The van der Waals surface area contributed by atoms with Crippen LogP contribution in [-0.4, -0.2) is 12.9 Å². The van der Waals surface area contributed by atoms with Crippen molar-refractivity contribution in [1.82, 2.24) is 0 Å². The van der Waals surface area contributed by atoms with Gasteiger partial charge in [0.2, 0.25) is 0 Å². The Bertz CT molecular complexity index is 431. The van der Waals surface area contributed by atoms with E-state index in [9.17, 15) is 4.79 Å². The minimum Gasteiger partial charge on any atom is -0.376 e. The van der Waals surface area contributed by atoms with Crippen molar-refractivity contribution < 1.29 is 9.53 Å². The molecule has 1 aromatic rings. The standard InChI is InChI=1S/C17H22O2/c18-11-14-2-4-15(5-3-14)12-19-13-16-6-9-17(10-16)7-1-8-17/h2-5,11,16H,1,6-10,12-13H2. The molecule has 2 aliphatic rings. The lowest BCUT2D eigenvalue weighted by Crippen LogP contribution is -2.26. The molecule has 2 saturated carbocycles. The van der Waals surface area contributed by atoms with Gasteiger partial charge in [0, 0.05) is 12.2 Å². The topological polar surface area (TPSA) is 26.3 Å². The van der Waals surface area contributed by atoms with Crippen molar-refractivity contribution in [2.24, 2.45) is 11.3 Å². The minimum absolute atomic E-state index is 0.669. The van der Waals surface area contributed by atoms with Crippen LogP contribution in [0.2, 0.25) is 0 Å². The van der Waals surface area contributed by atoms with Crippen LogP contribution >= 0.6 is 0 Å². The third kappa shape index (κ3) is 2.89. The molecule has 0 heterocycles. The van der Waals surface area contributed by atoms with Crippen LogP contribution in [0.5, 0.6) is 0 Å². The summed E-state index contributed by atoms with van der Waals surface area (Å²) in [5, 5.41) is 0. The third-order valence-corrected chi connectivity index (χ3v) is 4.96. The summed E-state index contributed by atoms with van der Waals surface area (Å²) in [5.41, 5.74) is 2.60. The minimum atomic E-state index is 0.669. The molecule has 2 nitrogen and oxygen atoms in total. The highest BCUT2D eigenvalue weighted by molar-refractivity contribution is 5.74. The highest BCUT2D eigenvalue weighted by Crippen LogP contribution is 2.55. The third-order valence-electron chi connectivity index (χ3n) is 4.96. The van der Waals surface area contributed by atoms with Gasteiger partial charge in [-0.3, -0.25) is 4.79 Å². The molecular weight excluding hydrogens is 236 g/mol. The number of aldehydes is 1. The van der Waals surface area contributed by atoms with Crippen molar-refractivity contribution in [3.05, 3.63) is 35.4 Å². The molecule has 2 aliphatic carbocycles. The Kier molecular flexibility index (Phi) is 3.69. The Morgan fingerprint density at radius 2 is 2.00 bits per heavy atom. The lowest BCUT2D eigenvalue weighted by atomic mass is 9.67. The molecule has 1 unspecified atom stereocenters. The van der Waals surface area contributed by atoms with E-state index < -0.39 is 0 Å². The van der Waals surface area contributed by atoms with Crippen molar-refractivity contribution in [2.75, 3.05) is 6.61 Å². The van der Waals surface area contributed by atoms with Crippen molar-refractivity contribution in [2.45, 2.75) is 45.1 Å². The van der Waals surface area contributed by atoms with Crippen molar-refractivity contribution >= 4 is 6.29 Å². The fourth-order valence-corrected chi connectivity index (χ4v) is 3.64. The summed E-state index contributed by atoms with van der Waals surface area (Å²) in [6.45, 7) is 1.57. The Morgan fingerprint density at radius 3 is 2.58 bits per heavy atom. The molecule has 2 fully saturated rings. The van der Waals surface area contributed by atoms with Crippen molar-refractivity contribution in [1.29, 1.82) is 0 Å². The maximum absolute atomic E-state index is 10.6. The fraction of sp³-hybridized carbons (Fsp3) is 0.588. The first-order chi connectivity index (χ1) is 9.30. The van der Waals surface area contributed by atoms with E-state index in [0.29, 0.717) is 6.61 Å². The SMILES string of the molecule is O=Cc1ccc(COCC2CCC3(CCC3)C2)cc1. The van der Waals surface area contributed by atoms with E-state index in [1.807, 2.05) is 24.3 Å². The van der Waals surface area contributed by atoms with Gasteiger partial charge < -0.3 is 4.74 Å². The van der Waals surface area contributed by atoms with Crippen LogP contribution in [0.3, 0.4) is 0 Å². The second-order valence-corrected chi connectivity index (χ2v) is 6.34. The molecule has 0 amide bonds. The molecule has 0 radical (unpaired) electrons. The molecule has 0 saturated heterocycles. The Labute approximate surface area is 115 Å². The van der Waals surface area contributed by atoms with Crippen LogP contribution in [0, 0.1) is 11.3 Å². The van der Waals surface area contributed by atoms with Crippen LogP contribution in [0.25, 0.3) is 0 Å². The molecule has 0 bridgehead atoms. The summed E-state index contributed by atoms with van der Waals surface area (Å²) in [6.07, 6.45) is 9.39. The molecule has 19 heavy (non-hydrogen) atoms. The number of ether oxygens (including phenoxy) is 1. The predicted molar refractivity (Wildman–Crippen MR) is 75.1 cm³/mol. The first-order valence-electron chi connectivity index (χ1n) is 7.42. The molecule has 1 aromatic carbocycles. The first-order valence-corrected chi connectivity index (χ1v) is 7.42. The molecule has 1 atom stereocenters. The van der Waals surface area contributed by atoms with E-state index in [4.69, 9.17) is 4.74 Å². The molecular formula is C17H22O2. The highest BCUT2D eigenvalue weighted by atomic mass is 16.5. The van der Waals surface area contributed by atoms with Crippen LogP contribution < -0.4 is 0 Å². The van der Waals surface area contributed by atoms with E-state index in [1.54, 1.807) is 0 Å². The second-order valence-electron chi connectivity index (χ2n) is 6.34. The number of carbonyl (C=O) groups excluding carboxylic acids is 1. The normalized spacial score (nSPS) is 24.3. The molecule has 0 aromatic heterocycles. The molecule has 102 valence electrons. The van der Waals surface area contributed by atoms with Gasteiger partial charge in [-0.1, -0.05) is 30.7 Å². The quantitative estimate of drug-likeness (QED) is 0.747. The summed E-state index contributed by atoms with van der Waals surface area (Å²) in [4.78, 5) is 10.6. The highest BCUT2D eigenvalue weighted by Gasteiger charge is 2.43. The lowest BCUT2D eigenvalue weighted by molar-refractivity contribution is 0.0734. The molecule has 3 rings (SSSR count).